The van der Waals surface area contributed by atoms with Crippen LogP contribution in [0, 0.1) is 58.2 Å². The second-order valence-corrected chi connectivity index (χ2v) is 27.7. The van der Waals surface area contributed by atoms with Crippen molar-refractivity contribution in [1.82, 2.24) is 10.3 Å². The molecule has 0 radical (unpaired) electrons. The number of H-pyrrole nitrogens is 1. The van der Waals surface area contributed by atoms with Crippen molar-refractivity contribution in [2.75, 3.05) is 25.2 Å². The molecule has 20 atom stereocenters. The van der Waals surface area contributed by atoms with E-state index < -0.39 is 82.6 Å². The Morgan fingerprint density at radius 2 is 1.72 bits per heavy atom. The zero-order valence-electron chi connectivity index (χ0n) is 42.4. The lowest BCUT2D eigenvalue weighted by Gasteiger charge is -2.70. The van der Waals surface area contributed by atoms with E-state index in [1.54, 1.807) is 0 Å². The minimum atomic E-state index is -2.68. The van der Waals surface area contributed by atoms with Crippen LogP contribution in [0.2, 0.25) is 0 Å². The molecule has 4 aromatic carbocycles. The maximum absolute atomic E-state index is 15.7. The third-order valence-corrected chi connectivity index (χ3v) is 25.4. The number of aliphatic hydroxyl groups is 6. The summed E-state index contributed by atoms with van der Waals surface area (Å²) in [6.07, 6.45) is 2.37. The van der Waals surface area contributed by atoms with Crippen molar-refractivity contribution in [3.05, 3.63) is 83.6 Å². The SMILES string of the molecule is CNC1CSSCC2c3cc(O)ccc3C34C(CCC35C(O)C1CC1C3CC6(CCCC6CCCO)C(O)C6(O)OC(C(=O)Oc7c(CO)[nH]c8ccc9cc%10ccccc%10cc9c78)C(OC15)C36O)CC1CCC2C14. The van der Waals surface area contributed by atoms with Crippen LogP contribution in [0.5, 0.6) is 11.5 Å². The maximum atomic E-state index is 15.7. The summed E-state index contributed by atoms with van der Waals surface area (Å²) in [6.45, 7) is -0.496. The average molecular weight is 1060 g/mol. The van der Waals surface area contributed by atoms with Gasteiger partial charge in [-0.3, -0.25) is 0 Å². The van der Waals surface area contributed by atoms with Crippen molar-refractivity contribution in [3.8, 4) is 11.5 Å². The van der Waals surface area contributed by atoms with Gasteiger partial charge in [0.25, 0.3) is 0 Å². The van der Waals surface area contributed by atoms with Crippen LogP contribution in [-0.4, -0.2) is 120 Å². The Hall–Kier alpha value is -3.45. The fraction of sp³-hybridized carbons (Fsp3) is 0.617. The first-order valence-corrected chi connectivity index (χ1v) is 30.7. The Morgan fingerprint density at radius 3 is 2.53 bits per heavy atom. The van der Waals surface area contributed by atoms with Gasteiger partial charge in [0.2, 0.25) is 5.79 Å². The molecule has 7 aliphatic carbocycles. The smallest absolute Gasteiger partial charge is 0.343 e. The molecule has 9 fully saturated rings. The third kappa shape index (κ3) is 6.03. The molecular weight excluding hydrogens is 989 g/mol. The quantitative estimate of drug-likeness (QED) is 0.0437. The molecule has 5 heterocycles. The minimum Gasteiger partial charge on any atom is -0.508 e. The summed E-state index contributed by atoms with van der Waals surface area (Å²) in [5, 5.41) is 95.7. The molecule has 5 aromatic rings. The van der Waals surface area contributed by atoms with E-state index in [0.29, 0.717) is 61.3 Å². The molecule has 11 aliphatic rings. The molecule has 75 heavy (non-hydrogen) atoms. The van der Waals surface area contributed by atoms with E-state index in [9.17, 15) is 35.7 Å². The van der Waals surface area contributed by atoms with Gasteiger partial charge in [-0.15, -0.1) is 0 Å². The lowest BCUT2D eigenvalue weighted by Crippen LogP contribution is -2.81. The summed E-state index contributed by atoms with van der Waals surface area (Å²) >= 11 is 0. The van der Waals surface area contributed by atoms with Gasteiger partial charge in [0.15, 0.2) is 17.5 Å². The van der Waals surface area contributed by atoms with Crippen LogP contribution in [0.1, 0.15) is 99.8 Å². The number of aromatic nitrogens is 1. The second kappa shape index (κ2) is 17.0. The molecule has 9 N–H and O–H groups in total. The molecule has 3 spiro atoms. The number of esters is 1. The predicted molar refractivity (Wildman–Crippen MR) is 286 cm³/mol. The highest BCUT2D eigenvalue weighted by molar-refractivity contribution is 8.76. The number of ether oxygens (including phenoxy) is 3. The van der Waals surface area contributed by atoms with Crippen LogP contribution in [0.15, 0.2) is 66.7 Å². The number of nitrogens with one attached hydrogen (secondary N) is 2. The molecule has 1 aromatic heterocycles. The number of carbonyl (C=O) groups excluding carboxylic acids is 1. The summed E-state index contributed by atoms with van der Waals surface area (Å²) in [5.41, 5.74) is -1.41. The molecule has 6 saturated carbocycles. The van der Waals surface area contributed by atoms with Crippen molar-refractivity contribution in [2.24, 2.45) is 58.2 Å². The number of hydrogen-bond donors (Lipinski definition) is 9. The number of aromatic amines is 1. The standard InChI is InChI=1S/C60H70N2O11S2/c1-61-46-28-75-74-27-41-36-13-10-32-21-34-16-18-57(58(34,48(32)36)42-14-12-35(65)23-38(41)42)51(66)40(46)24-39-43-25-56(17-4-8-33(56)9-5-19-63)55(68)60(70)59(43,69)53(72-52(39)57)50(73-60)54(67)71-49-45(26-64)62-44-15-11-31-20-29-6-2-3-7-30(29)22-37(31)47(44)49/h2-3,6-7,11-12,14-15,20,22-23,32-34,36,39-41,43,46,48,50-53,55,61-66,68-70H,4-5,8-10,13,16-19,21,24-28H2,1H3. The Kier molecular flexibility index (Phi) is 11.1. The third-order valence-electron chi connectivity index (χ3n) is 23.0. The second-order valence-electron chi connectivity index (χ2n) is 25.1. The summed E-state index contributed by atoms with van der Waals surface area (Å²) in [6, 6.07) is 22.0. The van der Waals surface area contributed by atoms with Crippen LogP contribution >= 0.6 is 21.6 Å². The van der Waals surface area contributed by atoms with Gasteiger partial charge >= 0.3 is 5.97 Å². The molecule has 15 heteroatoms. The number of hydrogen-bond acceptors (Lipinski definition) is 14. The molecule has 398 valence electrons. The molecular formula is C60H70N2O11S2. The Balaban J connectivity index is 0.938. The number of phenols is 1. The number of aliphatic hydroxyl groups excluding tert-OH is 4. The molecule has 4 bridgehead atoms. The topological polar surface area (TPSA) is 214 Å². The van der Waals surface area contributed by atoms with E-state index in [0.717, 1.165) is 71.6 Å². The largest absolute Gasteiger partial charge is 0.508 e. The first-order valence-electron chi connectivity index (χ1n) is 28.2. The van der Waals surface area contributed by atoms with Crippen LogP contribution in [-0.2, 0) is 26.3 Å². The highest BCUT2D eigenvalue weighted by Crippen LogP contribution is 2.82. The Bertz CT molecular complexity index is 3160. The first kappa shape index (κ1) is 48.7. The number of benzene rings is 4. The fourth-order valence-corrected chi connectivity index (χ4v) is 23.3. The van der Waals surface area contributed by atoms with E-state index in [1.165, 1.54) is 11.1 Å². The van der Waals surface area contributed by atoms with Crippen LogP contribution in [0.4, 0.5) is 0 Å². The van der Waals surface area contributed by atoms with Crippen molar-refractivity contribution in [3.63, 3.8) is 0 Å². The van der Waals surface area contributed by atoms with Crippen molar-refractivity contribution in [1.29, 1.82) is 0 Å². The fourth-order valence-electron chi connectivity index (χ4n) is 20.5. The zero-order valence-corrected chi connectivity index (χ0v) is 44.0. The summed E-state index contributed by atoms with van der Waals surface area (Å²) in [5.74, 6) is -1.71. The normalized spacial score (nSPS) is 44.9. The minimum absolute atomic E-state index is 0.0170. The van der Waals surface area contributed by atoms with Gasteiger partial charge in [0.1, 0.15) is 18.0 Å². The van der Waals surface area contributed by atoms with Gasteiger partial charge < -0.3 is 60.3 Å². The van der Waals surface area contributed by atoms with Gasteiger partial charge in [-0.2, -0.15) is 0 Å². The maximum Gasteiger partial charge on any atom is 0.343 e. The average Bonchev–Trinajstić information content (AvgIpc) is 4.44. The van der Waals surface area contributed by atoms with Gasteiger partial charge in [0, 0.05) is 52.2 Å². The number of phenolic OH excluding ortho intramolecular Hbond substituents is 1. The lowest BCUT2D eigenvalue weighted by atomic mass is 9.39. The Labute approximate surface area is 444 Å². The predicted octanol–water partition coefficient (Wildman–Crippen LogP) is 7.56. The molecule has 0 amide bonds. The molecule has 16 rings (SSSR count). The van der Waals surface area contributed by atoms with Gasteiger partial charge in [-0.1, -0.05) is 64.4 Å². The van der Waals surface area contributed by atoms with Gasteiger partial charge in [-0.25, -0.2) is 4.79 Å². The molecule has 3 saturated heterocycles. The number of rotatable bonds is 7. The summed E-state index contributed by atoms with van der Waals surface area (Å²) in [7, 11) is 5.73. The summed E-state index contributed by atoms with van der Waals surface area (Å²) < 4.78 is 21.2. The number of carbonyl (C=O) groups is 1. The van der Waals surface area contributed by atoms with Gasteiger partial charge in [-0.05, 0) is 182 Å². The number of fused-ring (bicyclic) bond motifs is 10. The van der Waals surface area contributed by atoms with E-state index in [1.807, 2.05) is 77.2 Å². The van der Waals surface area contributed by atoms with E-state index in [2.05, 4.69) is 28.5 Å². The molecule has 13 nitrogen and oxygen atoms in total. The Morgan fingerprint density at radius 1 is 0.893 bits per heavy atom. The first-order chi connectivity index (χ1) is 36.4. The van der Waals surface area contributed by atoms with Crippen LogP contribution < -0.4 is 10.1 Å². The highest BCUT2D eigenvalue weighted by Gasteiger charge is 2.86. The van der Waals surface area contributed by atoms with E-state index in [4.69, 9.17) is 14.2 Å². The highest BCUT2D eigenvalue weighted by atomic mass is 33.1. The van der Waals surface area contributed by atoms with Crippen LogP contribution in [0.3, 0.4) is 0 Å². The lowest BCUT2D eigenvalue weighted by molar-refractivity contribution is -0.395. The van der Waals surface area contributed by atoms with E-state index >= 15 is 4.79 Å². The number of aromatic hydroxyl groups is 1. The van der Waals surface area contributed by atoms with Crippen LogP contribution in [0.25, 0.3) is 32.4 Å². The molecule has 4 aliphatic heterocycles. The van der Waals surface area contributed by atoms with Crippen molar-refractivity contribution >= 4 is 60.0 Å². The van der Waals surface area contributed by atoms with Crippen molar-refractivity contribution in [2.45, 2.75) is 143 Å². The van der Waals surface area contributed by atoms with Crippen molar-refractivity contribution < 1.29 is 54.8 Å². The van der Waals surface area contributed by atoms with E-state index in [-0.39, 0.29) is 59.4 Å². The van der Waals surface area contributed by atoms with Gasteiger partial charge in [0.05, 0.1) is 35.4 Å². The summed E-state index contributed by atoms with van der Waals surface area (Å²) in [4.78, 5) is 19.0. The molecule has 20 unspecified atom stereocenters. The monoisotopic (exact) mass is 1060 g/mol. The zero-order chi connectivity index (χ0) is 51.1.